The minimum absolute atomic E-state index is 0.541. The van der Waals surface area contributed by atoms with Gasteiger partial charge in [-0.3, -0.25) is 0 Å². The fraction of sp³-hybridized carbons (Fsp3) is 0.294. The molecule has 0 heterocycles. The number of hydrogen-bond acceptors (Lipinski definition) is 2. The number of aliphatic hydroxyl groups excluding tert-OH is 1. The Labute approximate surface area is 125 Å². The van der Waals surface area contributed by atoms with Crippen LogP contribution in [0.15, 0.2) is 48.5 Å². The molecule has 0 saturated carbocycles. The minimum atomic E-state index is -0.541. The maximum Gasteiger partial charge on any atom is 0.0776 e. The fourth-order valence-electron chi connectivity index (χ4n) is 2.24. The summed E-state index contributed by atoms with van der Waals surface area (Å²) < 4.78 is 0. The third-order valence-corrected chi connectivity index (χ3v) is 3.72. The van der Waals surface area contributed by atoms with E-state index in [2.05, 4.69) is 24.0 Å². The highest BCUT2D eigenvalue weighted by molar-refractivity contribution is 6.31. The van der Waals surface area contributed by atoms with Gasteiger partial charge >= 0.3 is 0 Å². The summed E-state index contributed by atoms with van der Waals surface area (Å²) >= 11 is 6.24. The van der Waals surface area contributed by atoms with E-state index in [1.807, 2.05) is 36.4 Å². The molecule has 0 saturated heterocycles. The van der Waals surface area contributed by atoms with Gasteiger partial charge in [-0.05, 0) is 37.1 Å². The Morgan fingerprint density at radius 2 is 1.85 bits per heavy atom. The molecular weight excluding hydrogens is 270 g/mol. The summed E-state index contributed by atoms with van der Waals surface area (Å²) in [6.45, 7) is 5.60. The molecule has 0 amide bonds. The molecule has 106 valence electrons. The Bertz CT molecular complexity index is 554. The summed E-state index contributed by atoms with van der Waals surface area (Å²) in [7, 11) is 0. The van der Waals surface area contributed by atoms with Gasteiger partial charge in [0.15, 0.2) is 0 Å². The number of aliphatic hydroxyl groups is 1. The molecule has 2 aromatic rings. The number of nitrogens with zero attached hydrogens (tertiary/aromatic N) is 1. The van der Waals surface area contributed by atoms with Crippen molar-refractivity contribution >= 4 is 17.3 Å². The Morgan fingerprint density at radius 1 is 1.15 bits per heavy atom. The van der Waals surface area contributed by atoms with Crippen LogP contribution in [0, 0.1) is 0 Å². The zero-order chi connectivity index (χ0) is 14.5. The first-order valence-corrected chi connectivity index (χ1v) is 7.26. The first-order valence-electron chi connectivity index (χ1n) is 6.88. The fourth-order valence-corrected chi connectivity index (χ4v) is 2.57. The van der Waals surface area contributed by atoms with Crippen LogP contribution in [0.4, 0.5) is 5.69 Å². The van der Waals surface area contributed by atoms with Crippen LogP contribution in [0.2, 0.25) is 5.02 Å². The molecule has 0 aliphatic carbocycles. The quantitative estimate of drug-likeness (QED) is 0.881. The van der Waals surface area contributed by atoms with Crippen molar-refractivity contribution in [2.24, 2.45) is 0 Å². The highest BCUT2D eigenvalue weighted by Crippen LogP contribution is 2.28. The molecule has 0 radical (unpaired) electrons. The van der Waals surface area contributed by atoms with Crippen molar-refractivity contribution in [1.82, 2.24) is 0 Å². The zero-order valence-corrected chi connectivity index (χ0v) is 12.6. The molecule has 2 rings (SSSR count). The second kappa shape index (κ2) is 6.78. The number of halogens is 1. The Balaban J connectivity index is 2.22. The van der Waals surface area contributed by atoms with Crippen LogP contribution in [0.5, 0.6) is 0 Å². The molecule has 2 nitrogen and oxygen atoms in total. The predicted molar refractivity (Wildman–Crippen MR) is 85.3 cm³/mol. The van der Waals surface area contributed by atoms with Crippen molar-refractivity contribution in [1.29, 1.82) is 0 Å². The van der Waals surface area contributed by atoms with E-state index in [-0.39, 0.29) is 0 Å². The van der Waals surface area contributed by atoms with Crippen LogP contribution in [-0.4, -0.2) is 11.7 Å². The summed E-state index contributed by atoms with van der Waals surface area (Å²) in [6, 6.07) is 16.2. The zero-order valence-electron chi connectivity index (χ0n) is 11.9. The largest absolute Gasteiger partial charge is 0.389 e. The molecule has 0 spiro atoms. The summed E-state index contributed by atoms with van der Waals surface area (Å²) in [4.78, 5) is 2.26. The SMILES string of the molecule is CCN(Cc1ccccc1)c1ccc(C(C)O)c(Cl)c1. The monoisotopic (exact) mass is 289 g/mol. The molecule has 0 aromatic heterocycles. The lowest BCUT2D eigenvalue weighted by atomic mass is 10.1. The van der Waals surface area contributed by atoms with Gasteiger partial charge in [0.05, 0.1) is 6.10 Å². The Kier molecular flexibility index (Phi) is 5.05. The van der Waals surface area contributed by atoms with Crippen LogP contribution in [0.3, 0.4) is 0 Å². The van der Waals surface area contributed by atoms with Crippen LogP contribution in [0.1, 0.15) is 31.1 Å². The van der Waals surface area contributed by atoms with Gasteiger partial charge in [0.2, 0.25) is 0 Å². The van der Waals surface area contributed by atoms with Crippen molar-refractivity contribution < 1.29 is 5.11 Å². The molecule has 0 aliphatic heterocycles. The van der Waals surface area contributed by atoms with Crippen LogP contribution >= 0.6 is 11.6 Å². The standard InChI is InChI=1S/C17H20ClNO/c1-3-19(12-14-7-5-4-6-8-14)15-9-10-16(13(2)20)17(18)11-15/h4-11,13,20H,3,12H2,1-2H3. The van der Waals surface area contributed by atoms with Gasteiger partial charge in [-0.2, -0.15) is 0 Å². The van der Waals surface area contributed by atoms with E-state index in [1.165, 1.54) is 5.56 Å². The minimum Gasteiger partial charge on any atom is -0.389 e. The van der Waals surface area contributed by atoms with Gasteiger partial charge in [-0.1, -0.05) is 48.0 Å². The number of rotatable bonds is 5. The molecule has 0 bridgehead atoms. The molecule has 1 atom stereocenters. The number of anilines is 1. The van der Waals surface area contributed by atoms with E-state index < -0.39 is 6.10 Å². The highest BCUT2D eigenvalue weighted by Gasteiger charge is 2.10. The van der Waals surface area contributed by atoms with E-state index in [9.17, 15) is 5.11 Å². The van der Waals surface area contributed by atoms with Crippen molar-refractivity contribution in [2.45, 2.75) is 26.5 Å². The molecule has 1 N–H and O–H groups in total. The molecule has 20 heavy (non-hydrogen) atoms. The molecule has 0 aliphatic rings. The number of benzene rings is 2. The van der Waals surface area contributed by atoms with Crippen molar-refractivity contribution in [3.63, 3.8) is 0 Å². The Morgan fingerprint density at radius 3 is 2.40 bits per heavy atom. The molecule has 1 unspecified atom stereocenters. The van der Waals surface area contributed by atoms with E-state index in [0.29, 0.717) is 5.02 Å². The second-order valence-corrected chi connectivity index (χ2v) is 5.29. The van der Waals surface area contributed by atoms with Crippen molar-refractivity contribution in [2.75, 3.05) is 11.4 Å². The summed E-state index contributed by atoms with van der Waals surface area (Å²) in [5.74, 6) is 0. The maximum atomic E-state index is 9.63. The molecular formula is C17H20ClNO. The van der Waals surface area contributed by atoms with Gasteiger partial charge in [0.25, 0.3) is 0 Å². The van der Waals surface area contributed by atoms with Crippen LogP contribution in [-0.2, 0) is 6.54 Å². The van der Waals surface area contributed by atoms with Gasteiger partial charge < -0.3 is 10.0 Å². The van der Waals surface area contributed by atoms with Gasteiger partial charge in [-0.15, -0.1) is 0 Å². The van der Waals surface area contributed by atoms with Crippen molar-refractivity contribution in [3.8, 4) is 0 Å². The van der Waals surface area contributed by atoms with Gasteiger partial charge in [-0.25, -0.2) is 0 Å². The van der Waals surface area contributed by atoms with Crippen molar-refractivity contribution in [3.05, 3.63) is 64.7 Å². The summed E-state index contributed by atoms with van der Waals surface area (Å²) in [6.07, 6.45) is -0.541. The lowest BCUT2D eigenvalue weighted by molar-refractivity contribution is 0.199. The average Bonchev–Trinajstić information content (AvgIpc) is 2.45. The third kappa shape index (κ3) is 3.53. The topological polar surface area (TPSA) is 23.5 Å². The summed E-state index contributed by atoms with van der Waals surface area (Å²) in [5, 5.41) is 10.2. The molecule has 0 fully saturated rings. The van der Waals surface area contributed by atoms with Crippen LogP contribution in [0.25, 0.3) is 0 Å². The van der Waals surface area contributed by atoms with E-state index >= 15 is 0 Å². The van der Waals surface area contributed by atoms with E-state index in [1.54, 1.807) is 6.92 Å². The van der Waals surface area contributed by atoms with Gasteiger partial charge in [0, 0.05) is 23.8 Å². The number of hydrogen-bond donors (Lipinski definition) is 1. The van der Waals surface area contributed by atoms with E-state index in [4.69, 9.17) is 11.6 Å². The normalized spacial score (nSPS) is 12.2. The first-order chi connectivity index (χ1) is 9.61. The first kappa shape index (κ1) is 14.9. The van der Waals surface area contributed by atoms with Crippen LogP contribution < -0.4 is 4.90 Å². The maximum absolute atomic E-state index is 9.63. The highest BCUT2D eigenvalue weighted by atomic mass is 35.5. The third-order valence-electron chi connectivity index (χ3n) is 3.40. The summed E-state index contributed by atoms with van der Waals surface area (Å²) in [5.41, 5.74) is 3.11. The van der Waals surface area contributed by atoms with E-state index in [0.717, 1.165) is 24.3 Å². The lowest BCUT2D eigenvalue weighted by Crippen LogP contribution is -2.22. The molecule has 2 aromatic carbocycles. The van der Waals surface area contributed by atoms with Gasteiger partial charge in [0.1, 0.15) is 0 Å². The predicted octanol–water partition coefficient (Wildman–Crippen LogP) is 4.42. The smallest absolute Gasteiger partial charge is 0.0776 e. The average molecular weight is 290 g/mol. The second-order valence-electron chi connectivity index (χ2n) is 4.88. The Hall–Kier alpha value is -1.51. The lowest BCUT2D eigenvalue weighted by Gasteiger charge is -2.24. The molecule has 3 heteroatoms.